The maximum absolute atomic E-state index is 5.89. The standard InChI is InChI=1S/C10H17NS/c1-6(2)9-5-8(11)10(12-9)7(3)4/h5-7H,11H2,1-4H3. The van der Waals surface area contributed by atoms with Crippen LogP contribution in [0.15, 0.2) is 6.07 Å². The van der Waals surface area contributed by atoms with Gasteiger partial charge in [0.2, 0.25) is 0 Å². The summed E-state index contributed by atoms with van der Waals surface area (Å²) in [7, 11) is 0. The van der Waals surface area contributed by atoms with Crippen LogP contribution in [0.2, 0.25) is 0 Å². The van der Waals surface area contributed by atoms with Crippen LogP contribution in [0.5, 0.6) is 0 Å². The molecule has 0 aliphatic rings. The zero-order valence-electron chi connectivity index (χ0n) is 8.22. The summed E-state index contributed by atoms with van der Waals surface area (Å²) in [6, 6.07) is 2.12. The highest BCUT2D eigenvalue weighted by molar-refractivity contribution is 7.12. The predicted octanol–water partition coefficient (Wildman–Crippen LogP) is 3.58. The zero-order chi connectivity index (χ0) is 9.30. The molecule has 0 spiro atoms. The second-order valence-corrected chi connectivity index (χ2v) is 4.89. The molecule has 1 rings (SSSR count). The summed E-state index contributed by atoms with van der Waals surface area (Å²) in [5.41, 5.74) is 6.86. The third-order valence-electron chi connectivity index (χ3n) is 1.90. The summed E-state index contributed by atoms with van der Waals surface area (Å²) in [5, 5.41) is 0. The van der Waals surface area contributed by atoms with Crippen LogP contribution in [0.3, 0.4) is 0 Å². The first-order valence-corrected chi connectivity index (χ1v) is 5.23. The van der Waals surface area contributed by atoms with Gasteiger partial charge in [-0.05, 0) is 17.9 Å². The minimum absolute atomic E-state index is 0.558. The molecular weight excluding hydrogens is 166 g/mol. The number of hydrogen-bond donors (Lipinski definition) is 1. The molecule has 68 valence electrons. The van der Waals surface area contributed by atoms with Crippen LogP contribution in [-0.2, 0) is 0 Å². The molecular formula is C10H17NS. The Kier molecular flexibility index (Phi) is 2.78. The number of nitrogens with two attached hydrogens (primary N) is 1. The molecule has 2 heteroatoms. The Morgan fingerprint density at radius 1 is 1.17 bits per heavy atom. The maximum Gasteiger partial charge on any atom is 0.0461 e. The number of nitrogen functional groups attached to an aromatic ring is 1. The van der Waals surface area contributed by atoms with Gasteiger partial charge in [-0.25, -0.2) is 0 Å². The van der Waals surface area contributed by atoms with Crippen molar-refractivity contribution in [1.82, 2.24) is 0 Å². The summed E-state index contributed by atoms with van der Waals surface area (Å²) in [5.74, 6) is 1.16. The van der Waals surface area contributed by atoms with E-state index in [-0.39, 0.29) is 0 Å². The molecule has 2 N–H and O–H groups in total. The fourth-order valence-electron chi connectivity index (χ4n) is 1.18. The van der Waals surface area contributed by atoms with Crippen molar-refractivity contribution < 1.29 is 0 Å². The lowest BCUT2D eigenvalue weighted by atomic mass is 10.1. The monoisotopic (exact) mass is 183 g/mol. The fourth-order valence-corrected chi connectivity index (χ4v) is 2.26. The minimum Gasteiger partial charge on any atom is -0.398 e. The highest BCUT2D eigenvalue weighted by Gasteiger charge is 2.11. The molecule has 0 saturated carbocycles. The van der Waals surface area contributed by atoms with Gasteiger partial charge in [-0.2, -0.15) is 0 Å². The van der Waals surface area contributed by atoms with Gasteiger partial charge in [0.05, 0.1) is 0 Å². The molecule has 0 amide bonds. The number of thiophene rings is 1. The average molecular weight is 183 g/mol. The molecule has 0 aromatic carbocycles. The maximum atomic E-state index is 5.89. The lowest BCUT2D eigenvalue weighted by Gasteiger charge is -2.01. The van der Waals surface area contributed by atoms with Crippen molar-refractivity contribution in [2.24, 2.45) is 0 Å². The van der Waals surface area contributed by atoms with Crippen LogP contribution >= 0.6 is 11.3 Å². The van der Waals surface area contributed by atoms with E-state index in [2.05, 4.69) is 33.8 Å². The number of rotatable bonds is 2. The first kappa shape index (κ1) is 9.59. The molecule has 1 heterocycles. The molecule has 0 aliphatic carbocycles. The van der Waals surface area contributed by atoms with Crippen LogP contribution in [0, 0.1) is 0 Å². The molecule has 0 saturated heterocycles. The molecule has 12 heavy (non-hydrogen) atoms. The van der Waals surface area contributed by atoms with Crippen LogP contribution in [0.1, 0.15) is 49.3 Å². The first-order valence-electron chi connectivity index (χ1n) is 4.41. The van der Waals surface area contributed by atoms with E-state index in [0.29, 0.717) is 11.8 Å². The van der Waals surface area contributed by atoms with Crippen LogP contribution in [0.25, 0.3) is 0 Å². The topological polar surface area (TPSA) is 26.0 Å². The van der Waals surface area contributed by atoms with Gasteiger partial charge in [-0.1, -0.05) is 27.7 Å². The molecule has 0 aliphatic heterocycles. The number of anilines is 1. The predicted molar refractivity (Wildman–Crippen MR) is 56.9 cm³/mol. The van der Waals surface area contributed by atoms with E-state index in [4.69, 9.17) is 5.73 Å². The lowest BCUT2D eigenvalue weighted by Crippen LogP contribution is -1.89. The molecule has 1 nitrogen and oxygen atoms in total. The van der Waals surface area contributed by atoms with Crippen molar-refractivity contribution in [3.05, 3.63) is 15.8 Å². The van der Waals surface area contributed by atoms with E-state index in [1.165, 1.54) is 9.75 Å². The minimum atomic E-state index is 0.558. The third kappa shape index (κ3) is 1.81. The Labute approximate surface area is 78.6 Å². The van der Waals surface area contributed by atoms with E-state index >= 15 is 0 Å². The van der Waals surface area contributed by atoms with Crippen LogP contribution in [0.4, 0.5) is 5.69 Å². The third-order valence-corrected chi connectivity index (χ3v) is 3.66. The summed E-state index contributed by atoms with van der Waals surface area (Å²) in [4.78, 5) is 2.73. The van der Waals surface area contributed by atoms with Gasteiger partial charge in [0.1, 0.15) is 0 Å². The van der Waals surface area contributed by atoms with Gasteiger partial charge < -0.3 is 5.73 Å². The highest BCUT2D eigenvalue weighted by atomic mass is 32.1. The molecule has 0 radical (unpaired) electrons. The fraction of sp³-hybridized carbons (Fsp3) is 0.600. The Morgan fingerprint density at radius 3 is 2.00 bits per heavy atom. The molecule has 0 atom stereocenters. The van der Waals surface area contributed by atoms with Crippen molar-refractivity contribution in [3.63, 3.8) is 0 Å². The molecule has 0 fully saturated rings. The summed E-state index contributed by atoms with van der Waals surface area (Å²) < 4.78 is 0. The van der Waals surface area contributed by atoms with Gasteiger partial charge >= 0.3 is 0 Å². The second-order valence-electron chi connectivity index (χ2n) is 3.78. The van der Waals surface area contributed by atoms with Crippen LogP contribution in [-0.4, -0.2) is 0 Å². The van der Waals surface area contributed by atoms with E-state index in [1.54, 1.807) is 0 Å². The first-order chi connectivity index (χ1) is 5.52. The van der Waals surface area contributed by atoms with E-state index in [9.17, 15) is 0 Å². The van der Waals surface area contributed by atoms with Gasteiger partial charge in [0, 0.05) is 15.4 Å². The van der Waals surface area contributed by atoms with Crippen molar-refractivity contribution >= 4 is 17.0 Å². The molecule has 0 bridgehead atoms. The summed E-state index contributed by atoms with van der Waals surface area (Å²) in [6.45, 7) is 8.78. The summed E-state index contributed by atoms with van der Waals surface area (Å²) >= 11 is 1.85. The van der Waals surface area contributed by atoms with Crippen molar-refractivity contribution in [3.8, 4) is 0 Å². The molecule has 1 aromatic rings. The largest absolute Gasteiger partial charge is 0.398 e. The smallest absolute Gasteiger partial charge is 0.0461 e. The second kappa shape index (κ2) is 3.48. The van der Waals surface area contributed by atoms with Gasteiger partial charge in [-0.15, -0.1) is 11.3 Å². The van der Waals surface area contributed by atoms with Gasteiger partial charge in [-0.3, -0.25) is 0 Å². The molecule has 1 aromatic heterocycles. The quantitative estimate of drug-likeness (QED) is 0.745. The average Bonchev–Trinajstić information content (AvgIpc) is 2.30. The van der Waals surface area contributed by atoms with Gasteiger partial charge in [0.15, 0.2) is 0 Å². The Hall–Kier alpha value is -0.500. The Balaban J connectivity index is 3.00. The van der Waals surface area contributed by atoms with Crippen molar-refractivity contribution in [1.29, 1.82) is 0 Å². The van der Waals surface area contributed by atoms with E-state index in [1.807, 2.05) is 11.3 Å². The van der Waals surface area contributed by atoms with Crippen LogP contribution < -0.4 is 5.73 Å². The van der Waals surface area contributed by atoms with E-state index in [0.717, 1.165) is 5.69 Å². The van der Waals surface area contributed by atoms with Crippen molar-refractivity contribution in [2.45, 2.75) is 39.5 Å². The highest BCUT2D eigenvalue weighted by Crippen LogP contribution is 2.34. The normalized spacial score (nSPS) is 11.5. The number of hydrogen-bond acceptors (Lipinski definition) is 2. The summed E-state index contributed by atoms with van der Waals surface area (Å²) in [6.07, 6.45) is 0. The SMILES string of the molecule is CC(C)c1cc(N)c(C(C)C)s1. The Morgan fingerprint density at radius 2 is 1.75 bits per heavy atom. The Bertz CT molecular complexity index is 261. The van der Waals surface area contributed by atoms with Crippen molar-refractivity contribution in [2.75, 3.05) is 5.73 Å². The lowest BCUT2D eigenvalue weighted by molar-refractivity contribution is 0.889. The molecule has 0 unspecified atom stereocenters. The van der Waals surface area contributed by atoms with E-state index < -0.39 is 0 Å². The zero-order valence-corrected chi connectivity index (χ0v) is 9.03. The van der Waals surface area contributed by atoms with Gasteiger partial charge in [0.25, 0.3) is 0 Å².